The van der Waals surface area contributed by atoms with Gasteiger partial charge in [-0.3, -0.25) is 4.79 Å². The molecule has 0 heterocycles. The number of carbonyl (C=O) groups is 1. The average Bonchev–Trinajstić information content (AvgIpc) is 1.68. The van der Waals surface area contributed by atoms with Crippen molar-refractivity contribution in [2.24, 2.45) is 0 Å². The van der Waals surface area contributed by atoms with Crippen LogP contribution in [0.3, 0.4) is 0 Å². The van der Waals surface area contributed by atoms with Gasteiger partial charge in [-0.2, -0.15) is 0 Å². The fourth-order valence-corrected chi connectivity index (χ4v) is 0.220. The van der Waals surface area contributed by atoms with Crippen molar-refractivity contribution in [1.29, 1.82) is 0 Å². The van der Waals surface area contributed by atoms with Gasteiger partial charge in [0, 0.05) is 11.6 Å². The van der Waals surface area contributed by atoms with Gasteiger partial charge in [0.25, 0.3) is 0 Å². The minimum absolute atomic E-state index is 0.407. The zero-order chi connectivity index (χ0) is 5.70. The second kappa shape index (κ2) is 3.68. The van der Waals surface area contributed by atoms with Crippen LogP contribution in [0.25, 0.3) is 0 Å². The van der Waals surface area contributed by atoms with E-state index in [1.807, 2.05) is 5.32 Å². The first kappa shape index (κ1) is 6.50. The Kier molecular flexibility index (Phi) is 3.42. The number of hydrogen-bond donors (Lipinski definition) is 1. The number of halogens is 1. The SMILES string of the molecule is [CH]NC(=O)/C=C/Cl. The van der Waals surface area contributed by atoms with Crippen molar-refractivity contribution in [3.05, 3.63) is 18.7 Å². The van der Waals surface area contributed by atoms with Crippen molar-refractivity contribution >= 4 is 17.5 Å². The van der Waals surface area contributed by atoms with Gasteiger partial charge in [0.15, 0.2) is 0 Å². The molecule has 3 heteroatoms. The Hall–Kier alpha value is -0.500. The number of rotatable bonds is 1. The average molecular weight is 118 g/mol. The molecule has 0 aromatic carbocycles. The molecular weight excluding hydrogens is 114 g/mol. The Morgan fingerprint density at radius 3 is 2.57 bits per heavy atom. The normalized spacial score (nSPS) is 9.43. The lowest BCUT2D eigenvalue weighted by molar-refractivity contribution is -0.115. The number of hydrogen-bond acceptors (Lipinski definition) is 1. The van der Waals surface area contributed by atoms with Gasteiger partial charge in [-0.25, -0.2) is 0 Å². The maximum absolute atomic E-state index is 10.0. The van der Waals surface area contributed by atoms with Crippen LogP contribution in [-0.4, -0.2) is 5.91 Å². The molecule has 1 N–H and O–H groups in total. The molecule has 0 aliphatic carbocycles. The summed E-state index contributed by atoms with van der Waals surface area (Å²) in [5.41, 5.74) is 1.09. The van der Waals surface area contributed by atoms with Crippen LogP contribution in [0.15, 0.2) is 11.6 Å². The first-order valence-electron chi connectivity index (χ1n) is 1.58. The molecule has 0 spiro atoms. The van der Waals surface area contributed by atoms with Gasteiger partial charge < -0.3 is 5.32 Å². The first-order valence-corrected chi connectivity index (χ1v) is 2.02. The van der Waals surface area contributed by atoms with Crippen LogP contribution < -0.4 is 5.32 Å². The van der Waals surface area contributed by atoms with E-state index in [0.29, 0.717) is 0 Å². The van der Waals surface area contributed by atoms with Gasteiger partial charge in [0.05, 0.1) is 7.05 Å². The molecule has 0 aromatic rings. The number of amides is 1. The van der Waals surface area contributed by atoms with Gasteiger partial charge in [-0.05, 0) is 0 Å². The number of carbonyl (C=O) groups excluding carboxylic acids is 1. The van der Waals surface area contributed by atoms with E-state index < -0.39 is 5.91 Å². The molecule has 0 aliphatic heterocycles. The van der Waals surface area contributed by atoms with E-state index in [1.54, 1.807) is 0 Å². The van der Waals surface area contributed by atoms with E-state index in [4.69, 9.17) is 11.6 Å². The molecule has 2 radical (unpaired) electrons. The van der Waals surface area contributed by atoms with Crippen molar-refractivity contribution in [3.63, 3.8) is 0 Å². The highest BCUT2D eigenvalue weighted by molar-refractivity contribution is 6.26. The molecule has 0 rings (SSSR count). The molecule has 38 valence electrons. The smallest absolute Gasteiger partial charge is 0.245 e. The zero-order valence-electron chi connectivity index (χ0n) is 3.52. The summed E-state index contributed by atoms with van der Waals surface area (Å²) in [5.74, 6) is -0.407. The van der Waals surface area contributed by atoms with Crippen LogP contribution in [0.2, 0.25) is 0 Å². The zero-order valence-corrected chi connectivity index (χ0v) is 4.27. The molecule has 0 bridgehead atoms. The lowest BCUT2D eigenvalue weighted by atomic mass is 10.6. The van der Waals surface area contributed by atoms with Gasteiger partial charge >= 0.3 is 0 Å². The van der Waals surface area contributed by atoms with Crippen LogP contribution in [-0.2, 0) is 4.79 Å². The Bertz CT molecular complexity index is 89.7. The lowest BCUT2D eigenvalue weighted by Crippen LogP contribution is -2.10. The van der Waals surface area contributed by atoms with Crippen LogP contribution in [0, 0.1) is 7.05 Å². The summed E-state index contributed by atoms with van der Waals surface area (Å²) in [5, 5.41) is 1.86. The molecule has 0 aromatic heterocycles. The maximum atomic E-state index is 10.0. The Labute approximate surface area is 47.2 Å². The molecule has 0 atom stereocenters. The molecule has 1 amide bonds. The third-order valence-corrected chi connectivity index (χ3v) is 0.483. The summed E-state index contributed by atoms with van der Waals surface area (Å²) in [6.07, 6.45) is 1.11. The standard InChI is InChI=1S/C4H4ClNO/c1-6-4(7)2-3-5/h1-3H,(H,6,7)/b3-2+. The van der Waals surface area contributed by atoms with Gasteiger partial charge in [-0.1, -0.05) is 11.6 Å². The quantitative estimate of drug-likeness (QED) is 0.394. The van der Waals surface area contributed by atoms with E-state index in [0.717, 1.165) is 11.6 Å². The third-order valence-electron chi connectivity index (χ3n) is 0.357. The van der Waals surface area contributed by atoms with Crippen molar-refractivity contribution in [2.45, 2.75) is 0 Å². The Morgan fingerprint density at radius 1 is 1.86 bits per heavy atom. The van der Waals surface area contributed by atoms with Gasteiger partial charge in [0.1, 0.15) is 0 Å². The Balaban J connectivity index is 3.37. The molecule has 0 saturated carbocycles. The summed E-state index contributed by atoms with van der Waals surface area (Å²) < 4.78 is 0. The van der Waals surface area contributed by atoms with E-state index >= 15 is 0 Å². The second-order valence-electron chi connectivity index (χ2n) is 0.801. The summed E-state index contributed by atoms with van der Waals surface area (Å²) in [6, 6.07) is 0. The monoisotopic (exact) mass is 117 g/mol. The third kappa shape index (κ3) is 3.33. The fourth-order valence-electron chi connectivity index (χ4n) is 0.105. The first-order chi connectivity index (χ1) is 3.31. The van der Waals surface area contributed by atoms with Crippen LogP contribution >= 0.6 is 11.6 Å². The minimum atomic E-state index is -0.407. The predicted octanol–water partition coefficient (Wildman–Crippen LogP) is 0.524. The molecule has 0 unspecified atom stereocenters. The number of nitrogens with one attached hydrogen (secondary N) is 1. The highest BCUT2D eigenvalue weighted by atomic mass is 35.5. The summed E-state index contributed by atoms with van der Waals surface area (Å²) >= 11 is 4.98. The van der Waals surface area contributed by atoms with Crippen LogP contribution in [0.4, 0.5) is 0 Å². The van der Waals surface area contributed by atoms with E-state index in [-0.39, 0.29) is 0 Å². The largest absolute Gasteiger partial charge is 0.345 e. The highest BCUT2D eigenvalue weighted by Crippen LogP contribution is 1.75. The molecule has 0 saturated heterocycles. The molecule has 2 nitrogen and oxygen atoms in total. The highest BCUT2D eigenvalue weighted by Gasteiger charge is 1.82. The summed E-state index contributed by atoms with van der Waals surface area (Å²) in [4.78, 5) is 10.0. The van der Waals surface area contributed by atoms with Crippen molar-refractivity contribution < 1.29 is 4.79 Å². The summed E-state index contributed by atoms with van der Waals surface area (Å²) in [7, 11) is 4.65. The molecular formula is C4H4ClNO. The van der Waals surface area contributed by atoms with Crippen LogP contribution in [0.1, 0.15) is 0 Å². The van der Waals surface area contributed by atoms with Gasteiger partial charge in [-0.15, -0.1) is 0 Å². The lowest BCUT2D eigenvalue weighted by Gasteiger charge is -1.82. The van der Waals surface area contributed by atoms with E-state index in [2.05, 4.69) is 7.05 Å². The molecule has 0 aliphatic rings. The molecule has 7 heavy (non-hydrogen) atoms. The van der Waals surface area contributed by atoms with Crippen molar-refractivity contribution in [3.8, 4) is 0 Å². The van der Waals surface area contributed by atoms with Crippen molar-refractivity contribution in [2.75, 3.05) is 0 Å². The Morgan fingerprint density at radius 2 is 2.43 bits per heavy atom. The van der Waals surface area contributed by atoms with Crippen LogP contribution in [0.5, 0.6) is 0 Å². The maximum Gasteiger partial charge on any atom is 0.245 e. The fraction of sp³-hybridized carbons (Fsp3) is 0. The topological polar surface area (TPSA) is 29.1 Å². The van der Waals surface area contributed by atoms with E-state index in [1.165, 1.54) is 0 Å². The summed E-state index contributed by atoms with van der Waals surface area (Å²) in [6.45, 7) is 0. The molecule has 0 fully saturated rings. The van der Waals surface area contributed by atoms with E-state index in [9.17, 15) is 4.79 Å². The van der Waals surface area contributed by atoms with Crippen molar-refractivity contribution in [1.82, 2.24) is 5.32 Å². The second-order valence-corrected chi connectivity index (χ2v) is 1.05. The van der Waals surface area contributed by atoms with Gasteiger partial charge in [0.2, 0.25) is 5.91 Å². The predicted molar refractivity (Wildman–Crippen MR) is 27.4 cm³/mol. The minimum Gasteiger partial charge on any atom is -0.345 e.